The van der Waals surface area contributed by atoms with Gasteiger partial charge in [0.25, 0.3) is 0 Å². The van der Waals surface area contributed by atoms with Gasteiger partial charge < -0.3 is 14.2 Å². The number of hydrogen-bond donors (Lipinski definition) is 0. The molecule has 0 aliphatic carbocycles. The smallest absolute Gasteiger partial charge is 0.306 e. The minimum atomic E-state index is -0.762. The molecule has 6 heteroatoms. The molecule has 0 fully saturated rings. The average Bonchev–Trinajstić information content (AvgIpc) is 3.17. The molecule has 0 aromatic carbocycles. The van der Waals surface area contributed by atoms with Crippen molar-refractivity contribution in [1.29, 1.82) is 0 Å². The second-order valence-corrected chi connectivity index (χ2v) is 17.7. The van der Waals surface area contributed by atoms with E-state index in [2.05, 4.69) is 41.5 Å². The van der Waals surface area contributed by atoms with Crippen LogP contribution in [0.1, 0.15) is 260 Å². The summed E-state index contributed by atoms with van der Waals surface area (Å²) in [6.45, 7) is 13.7. The second kappa shape index (κ2) is 40.6. The molecule has 0 aromatic rings. The van der Waals surface area contributed by atoms with Crippen LogP contribution >= 0.6 is 0 Å². The van der Waals surface area contributed by atoms with Crippen molar-refractivity contribution in [3.63, 3.8) is 0 Å². The maximum atomic E-state index is 12.7. The fraction of sp³-hybridized carbons (Fsp3) is 0.939. The lowest BCUT2D eigenvalue weighted by atomic mass is 9.99. The summed E-state index contributed by atoms with van der Waals surface area (Å²) in [5, 5.41) is 0. The van der Waals surface area contributed by atoms with Crippen LogP contribution in [0.3, 0.4) is 0 Å². The molecule has 326 valence electrons. The monoisotopic (exact) mass is 779 g/mol. The maximum absolute atomic E-state index is 12.7. The van der Waals surface area contributed by atoms with Gasteiger partial charge in [0.15, 0.2) is 6.10 Å². The molecule has 0 amide bonds. The molecule has 3 atom stereocenters. The Bertz CT molecular complexity index is 856. The van der Waals surface area contributed by atoms with E-state index in [0.29, 0.717) is 19.3 Å². The van der Waals surface area contributed by atoms with Crippen LogP contribution in [0.15, 0.2) is 0 Å². The zero-order valence-electron chi connectivity index (χ0n) is 37.7. The van der Waals surface area contributed by atoms with Crippen LogP contribution < -0.4 is 0 Å². The average molecular weight is 779 g/mol. The third-order valence-corrected chi connectivity index (χ3v) is 11.6. The van der Waals surface area contributed by atoms with Gasteiger partial charge in [-0.15, -0.1) is 0 Å². The predicted molar refractivity (Wildman–Crippen MR) is 233 cm³/mol. The van der Waals surface area contributed by atoms with E-state index in [1.54, 1.807) is 0 Å². The lowest BCUT2D eigenvalue weighted by Crippen LogP contribution is -2.30. The van der Waals surface area contributed by atoms with Gasteiger partial charge in [0.1, 0.15) is 13.2 Å². The van der Waals surface area contributed by atoms with E-state index in [0.717, 1.165) is 75.5 Å². The highest BCUT2D eigenvalue weighted by atomic mass is 16.6. The summed E-state index contributed by atoms with van der Waals surface area (Å²) in [5.41, 5.74) is 0. The molecule has 0 saturated heterocycles. The standard InChI is InChI=1S/C49H94O6/c1-7-44(5)36-30-24-18-11-9-10-12-20-26-32-38-47(50)53-41-46(42-54-48(51)39-33-27-21-15-13-17-23-29-35-43(3)4)55-49(52)40-34-28-22-16-14-19-25-31-37-45(6)8-2/h43-46H,7-42H2,1-6H3/t44?,45?,46-/m0/s1. The molecule has 0 N–H and O–H groups in total. The van der Waals surface area contributed by atoms with Crippen LogP contribution in [0.2, 0.25) is 0 Å². The van der Waals surface area contributed by atoms with Crippen molar-refractivity contribution in [2.75, 3.05) is 13.2 Å². The van der Waals surface area contributed by atoms with Crippen LogP contribution in [-0.4, -0.2) is 37.2 Å². The van der Waals surface area contributed by atoms with Crippen LogP contribution in [0.25, 0.3) is 0 Å². The number of ether oxygens (including phenoxy) is 3. The van der Waals surface area contributed by atoms with Crippen molar-refractivity contribution in [3.8, 4) is 0 Å². The van der Waals surface area contributed by atoms with Gasteiger partial charge in [-0.1, -0.05) is 221 Å². The van der Waals surface area contributed by atoms with E-state index in [-0.39, 0.29) is 31.1 Å². The van der Waals surface area contributed by atoms with Gasteiger partial charge in [0, 0.05) is 19.3 Å². The third kappa shape index (κ3) is 40.4. The molecule has 0 heterocycles. The molecule has 0 radical (unpaired) electrons. The molecule has 2 unspecified atom stereocenters. The largest absolute Gasteiger partial charge is 0.462 e. The van der Waals surface area contributed by atoms with E-state index in [1.807, 2.05) is 0 Å². The Hall–Kier alpha value is -1.59. The summed E-state index contributed by atoms with van der Waals surface area (Å²) in [7, 11) is 0. The van der Waals surface area contributed by atoms with E-state index < -0.39 is 6.10 Å². The molecular weight excluding hydrogens is 685 g/mol. The molecule has 0 saturated carbocycles. The molecule has 0 bridgehead atoms. The number of carbonyl (C=O) groups excluding carboxylic acids is 3. The Labute approximate surface area is 342 Å². The van der Waals surface area contributed by atoms with E-state index >= 15 is 0 Å². The van der Waals surface area contributed by atoms with Gasteiger partial charge in [-0.05, 0) is 37.0 Å². The number of esters is 3. The molecule has 0 aromatic heterocycles. The molecule has 0 aliphatic heterocycles. The van der Waals surface area contributed by atoms with Crippen molar-refractivity contribution >= 4 is 17.9 Å². The summed E-state index contributed by atoms with van der Waals surface area (Å²) in [6, 6.07) is 0. The number of carbonyl (C=O) groups is 3. The van der Waals surface area contributed by atoms with Crippen molar-refractivity contribution in [3.05, 3.63) is 0 Å². The molecule has 0 rings (SSSR count). The molecule has 6 nitrogen and oxygen atoms in total. The molecular formula is C49H94O6. The summed E-state index contributed by atoms with van der Waals surface area (Å²) in [5.74, 6) is 1.65. The summed E-state index contributed by atoms with van der Waals surface area (Å²) >= 11 is 0. The highest BCUT2D eigenvalue weighted by Crippen LogP contribution is 2.18. The molecule has 0 spiro atoms. The van der Waals surface area contributed by atoms with Crippen LogP contribution in [0.5, 0.6) is 0 Å². The van der Waals surface area contributed by atoms with Crippen molar-refractivity contribution in [2.24, 2.45) is 17.8 Å². The first-order valence-corrected chi connectivity index (χ1v) is 24.2. The lowest BCUT2D eigenvalue weighted by molar-refractivity contribution is -0.167. The minimum Gasteiger partial charge on any atom is -0.462 e. The normalized spacial score (nSPS) is 13.1. The van der Waals surface area contributed by atoms with Gasteiger partial charge in [-0.2, -0.15) is 0 Å². The number of rotatable bonds is 42. The summed E-state index contributed by atoms with van der Waals surface area (Å²) in [6.07, 6.45) is 37.9. The van der Waals surface area contributed by atoms with Crippen molar-refractivity contribution in [1.82, 2.24) is 0 Å². The molecule has 0 aliphatic rings. The van der Waals surface area contributed by atoms with E-state index in [4.69, 9.17) is 14.2 Å². The Balaban J connectivity index is 4.35. The Kier molecular flexibility index (Phi) is 39.4. The first-order chi connectivity index (χ1) is 26.7. The number of unbranched alkanes of at least 4 members (excludes halogenated alkanes) is 23. The highest BCUT2D eigenvalue weighted by Gasteiger charge is 2.19. The van der Waals surface area contributed by atoms with Gasteiger partial charge >= 0.3 is 17.9 Å². The third-order valence-electron chi connectivity index (χ3n) is 11.6. The van der Waals surface area contributed by atoms with Gasteiger partial charge in [0.2, 0.25) is 0 Å². The van der Waals surface area contributed by atoms with E-state index in [9.17, 15) is 14.4 Å². The van der Waals surface area contributed by atoms with Crippen molar-refractivity contribution in [2.45, 2.75) is 266 Å². The molecule has 55 heavy (non-hydrogen) atoms. The van der Waals surface area contributed by atoms with Crippen molar-refractivity contribution < 1.29 is 28.6 Å². The van der Waals surface area contributed by atoms with Crippen LogP contribution in [0.4, 0.5) is 0 Å². The topological polar surface area (TPSA) is 78.9 Å². The predicted octanol–water partition coefficient (Wildman–Crippen LogP) is 15.2. The first-order valence-electron chi connectivity index (χ1n) is 24.2. The fourth-order valence-electron chi connectivity index (χ4n) is 7.17. The fourth-order valence-corrected chi connectivity index (χ4v) is 7.17. The highest BCUT2D eigenvalue weighted by molar-refractivity contribution is 5.71. The number of hydrogen-bond acceptors (Lipinski definition) is 6. The SMILES string of the molecule is CCC(C)CCCCCCCCCCCCC(=O)OC[C@@H](COC(=O)CCCCCCCCCCC(C)C)OC(=O)CCCCCCCCCCC(C)CC. The van der Waals surface area contributed by atoms with Gasteiger partial charge in [-0.25, -0.2) is 0 Å². The maximum Gasteiger partial charge on any atom is 0.306 e. The van der Waals surface area contributed by atoms with Gasteiger partial charge in [-0.3, -0.25) is 14.4 Å². The van der Waals surface area contributed by atoms with Gasteiger partial charge in [0.05, 0.1) is 0 Å². The Morgan fingerprint density at radius 1 is 0.364 bits per heavy atom. The summed E-state index contributed by atoms with van der Waals surface area (Å²) in [4.78, 5) is 37.8. The minimum absolute atomic E-state index is 0.0661. The zero-order valence-corrected chi connectivity index (χ0v) is 37.7. The zero-order chi connectivity index (χ0) is 40.6. The Morgan fingerprint density at radius 3 is 0.945 bits per heavy atom. The lowest BCUT2D eigenvalue weighted by Gasteiger charge is -2.18. The van der Waals surface area contributed by atoms with E-state index in [1.165, 1.54) is 141 Å². The van der Waals surface area contributed by atoms with Crippen LogP contribution in [0, 0.1) is 17.8 Å². The second-order valence-electron chi connectivity index (χ2n) is 17.7. The summed E-state index contributed by atoms with van der Waals surface area (Å²) < 4.78 is 16.8. The van der Waals surface area contributed by atoms with Crippen LogP contribution in [-0.2, 0) is 28.6 Å². The quantitative estimate of drug-likeness (QED) is 0.0349. The Morgan fingerprint density at radius 2 is 0.636 bits per heavy atom. The first kappa shape index (κ1) is 53.4.